The molecule has 1 aromatic rings. The molecule has 104 valence electrons. The Hall–Kier alpha value is -1.59. The van der Waals surface area contributed by atoms with Gasteiger partial charge in [0.2, 0.25) is 0 Å². The van der Waals surface area contributed by atoms with Crippen molar-refractivity contribution in [1.29, 1.82) is 0 Å². The molecule has 1 aliphatic rings. The predicted molar refractivity (Wildman–Crippen MR) is 84.7 cm³/mol. The number of halogens is 1. The van der Waals surface area contributed by atoms with Crippen molar-refractivity contribution < 1.29 is 9.90 Å². The number of hydrogen-bond acceptors (Lipinski definition) is 4. The quantitative estimate of drug-likeness (QED) is 0.925. The van der Waals surface area contributed by atoms with E-state index >= 15 is 0 Å². The molecule has 0 aliphatic carbocycles. The zero-order valence-corrected chi connectivity index (χ0v) is 12.4. The number of carboxylic acid groups (broad SMARTS) is 1. The van der Waals surface area contributed by atoms with Crippen LogP contribution in [0.3, 0.4) is 0 Å². The van der Waals surface area contributed by atoms with E-state index < -0.39 is 5.97 Å². The Kier molecular flexibility index (Phi) is 4.98. The second kappa shape index (κ2) is 6.72. The van der Waals surface area contributed by atoms with Gasteiger partial charge in [0.15, 0.2) is 0 Å². The van der Waals surface area contributed by atoms with E-state index in [1.165, 1.54) is 11.8 Å². The first kappa shape index (κ1) is 14.8. The first-order valence-corrected chi connectivity index (χ1v) is 7.34. The second-order valence-electron chi connectivity index (χ2n) is 4.23. The van der Waals surface area contributed by atoms with Gasteiger partial charge >= 0.3 is 5.97 Å². The highest BCUT2D eigenvalue weighted by Gasteiger charge is 2.14. The zero-order chi connectivity index (χ0) is 14.5. The van der Waals surface area contributed by atoms with Crippen LogP contribution in [0.2, 0.25) is 5.02 Å². The lowest BCUT2D eigenvalue weighted by atomic mass is 10.0. The number of benzene rings is 1. The van der Waals surface area contributed by atoms with Gasteiger partial charge < -0.3 is 5.11 Å². The van der Waals surface area contributed by atoms with Gasteiger partial charge in [-0.25, -0.2) is 0 Å². The molecule has 1 aromatic carbocycles. The van der Waals surface area contributed by atoms with E-state index in [9.17, 15) is 4.79 Å². The summed E-state index contributed by atoms with van der Waals surface area (Å²) >= 11 is 7.33. The van der Waals surface area contributed by atoms with Gasteiger partial charge in [0, 0.05) is 11.4 Å². The maximum Gasteiger partial charge on any atom is 0.313 e. The highest BCUT2D eigenvalue weighted by Crippen LogP contribution is 2.24. The summed E-state index contributed by atoms with van der Waals surface area (Å²) in [6.45, 7) is 1.88. The topological polar surface area (TPSA) is 62.0 Å². The first-order valence-electron chi connectivity index (χ1n) is 5.97. The monoisotopic (exact) mass is 308 g/mol. The molecule has 0 saturated heterocycles. The summed E-state index contributed by atoms with van der Waals surface area (Å²) in [4.78, 5) is 10.6. The smallest absolute Gasteiger partial charge is 0.313 e. The minimum atomic E-state index is -0.861. The maximum atomic E-state index is 10.6. The molecule has 2 rings (SSSR count). The number of rotatable bonds is 3. The third-order valence-corrected chi connectivity index (χ3v) is 4.01. The van der Waals surface area contributed by atoms with Crippen LogP contribution in [0, 0.1) is 0 Å². The molecule has 0 bridgehead atoms. The molecule has 4 nitrogen and oxygen atoms in total. The number of nitrogens with zero attached hydrogens (tertiary/aromatic N) is 2. The van der Waals surface area contributed by atoms with E-state index in [4.69, 9.17) is 16.7 Å². The van der Waals surface area contributed by atoms with Gasteiger partial charge in [-0.15, -0.1) is 5.10 Å². The standard InChI is InChI=1S/C14H13ClN2O2S/c1-9-11(6-10-4-2-3-5-12(10)15)7-13(17-16-9)20-8-14(18)19/h2-6H,7-8H2,1H3,(H,18,19)/b11-6+. The molecule has 20 heavy (non-hydrogen) atoms. The number of thioether (sulfide) groups is 1. The van der Waals surface area contributed by atoms with Crippen LogP contribution >= 0.6 is 23.4 Å². The van der Waals surface area contributed by atoms with Crippen LogP contribution in [0.25, 0.3) is 6.08 Å². The van der Waals surface area contributed by atoms with E-state index in [1.54, 1.807) is 0 Å². The fourth-order valence-corrected chi connectivity index (χ4v) is 2.52. The van der Waals surface area contributed by atoms with E-state index in [-0.39, 0.29) is 5.75 Å². The highest BCUT2D eigenvalue weighted by atomic mass is 35.5. The largest absolute Gasteiger partial charge is 0.481 e. The van der Waals surface area contributed by atoms with Crippen LogP contribution in [0.15, 0.2) is 40.0 Å². The van der Waals surface area contributed by atoms with Gasteiger partial charge in [-0.1, -0.05) is 41.6 Å². The van der Waals surface area contributed by atoms with E-state index in [0.29, 0.717) is 16.5 Å². The number of hydrogen-bond donors (Lipinski definition) is 1. The SMILES string of the molecule is CC1=NN=C(SCC(=O)O)C/C1=C\c1ccccc1Cl. The Morgan fingerprint density at radius 1 is 1.45 bits per heavy atom. The molecule has 0 amide bonds. The lowest BCUT2D eigenvalue weighted by Crippen LogP contribution is -2.10. The van der Waals surface area contributed by atoms with Gasteiger partial charge in [0.25, 0.3) is 0 Å². The Morgan fingerprint density at radius 3 is 2.90 bits per heavy atom. The Labute approximate surface area is 126 Å². The Morgan fingerprint density at radius 2 is 2.20 bits per heavy atom. The van der Waals surface area contributed by atoms with Crippen molar-refractivity contribution in [3.8, 4) is 0 Å². The average Bonchev–Trinajstić information content (AvgIpc) is 2.42. The van der Waals surface area contributed by atoms with Crippen molar-refractivity contribution in [2.24, 2.45) is 10.2 Å². The average molecular weight is 309 g/mol. The molecular formula is C14H13ClN2O2S. The third-order valence-electron chi connectivity index (χ3n) is 2.72. The summed E-state index contributed by atoms with van der Waals surface area (Å²) in [7, 11) is 0. The molecule has 6 heteroatoms. The molecule has 0 aromatic heterocycles. The molecule has 0 radical (unpaired) electrons. The molecule has 0 fully saturated rings. The lowest BCUT2D eigenvalue weighted by Gasteiger charge is -2.13. The van der Waals surface area contributed by atoms with E-state index in [1.807, 2.05) is 37.3 Å². The normalized spacial score (nSPS) is 16.8. The van der Waals surface area contributed by atoms with Crippen LogP contribution in [0.1, 0.15) is 18.9 Å². The van der Waals surface area contributed by atoms with Crippen LogP contribution in [0.4, 0.5) is 0 Å². The molecule has 0 unspecified atom stereocenters. The Bertz CT molecular complexity index is 623. The van der Waals surface area contributed by atoms with Crippen molar-refractivity contribution >= 4 is 46.2 Å². The Balaban J connectivity index is 2.18. The number of carboxylic acids is 1. The van der Waals surface area contributed by atoms with Gasteiger partial charge in [-0.05, 0) is 30.2 Å². The van der Waals surface area contributed by atoms with E-state index in [2.05, 4.69) is 10.2 Å². The van der Waals surface area contributed by atoms with Crippen LogP contribution in [-0.4, -0.2) is 27.6 Å². The van der Waals surface area contributed by atoms with Gasteiger partial charge in [-0.3, -0.25) is 4.79 Å². The first-order chi connectivity index (χ1) is 9.56. The van der Waals surface area contributed by atoms with Crippen molar-refractivity contribution in [2.45, 2.75) is 13.3 Å². The van der Waals surface area contributed by atoms with Crippen LogP contribution in [-0.2, 0) is 4.79 Å². The summed E-state index contributed by atoms with van der Waals surface area (Å²) in [5.41, 5.74) is 2.74. The fourth-order valence-electron chi connectivity index (χ4n) is 1.68. The van der Waals surface area contributed by atoms with E-state index in [0.717, 1.165) is 16.8 Å². The molecule has 1 heterocycles. The number of aliphatic carboxylic acids is 1. The molecule has 0 atom stereocenters. The minimum absolute atomic E-state index is 0.00717. The van der Waals surface area contributed by atoms with Crippen molar-refractivity contribution in [3.63, 3.8) is 0 Å². The third kappa shape index (κ3) is 3.95. The molecule has 0 spiro atoms. The summed E-state index contributed by atoms with van der Waals surface area (Å²) in [6.07, 6.45) is 2.55. The second-order valence-corrected chi connectivity index (χ2v) is 5.69. The molecule has 1 N–H and O–H groups in total. The summed E-state index contributed by atoms with van der Waals surface area (Å²) in [5, 5.41) is 18.2. The van der Waals surface area contributed by atoms with Crippen molar-refractivity contribution in [3.05, 3.63) is 40.4 Å². The zero-order valence-electron chi connectivity index (χ0n) is 10.8. The number of carbonyl (C=O) groups is 1. The number of allylic oxidation sites excluding steroid dienone is 1. The summed E-state index contributed by atoms with van der Waals surface area (Å²) < 4.78 is 0. The summed E-state index contributed by atoms with van der Waals surface area (Å²) in [6, 6.07) is 7.55. The summed E-state index contributed by atoms with van der Waals surface area (Å²) in [5.74, 6) is -0.868. The van der Waals surface area contributed by atoms with Gasteiger partial charge in [-0.2, -0.15) is 5.10 Å². The predicted octanol–water partition coefficient (Wildman–Crippen LogP) is 3.72. The maximum absolute atomic E-state index is 10.6. The molecular weight excluding hydrogens is 296 g/mol. The van der Waals surface area contributed by atoms with Crippen LogP contribution < -0.4 is 0 Å². The van der Waals surface area contributed by atoms with Gasteiger partial charge in [0.1, 0.15) is 5.04 Å². The van der Waals surface area contributed by atoms with Gasteiger partial charge in [0.05, 0.1) is 11.5 Å². The van der Waals surface area contributed by atoms with Crippen molar-refractivity contribution in [1.82, 2.24) is 0 Å². The fraction of sp³-hybridized carbons (Fsp3) is 0.214. The minimum Gasteiger partial charge on any atom is -0.481 e. The van der Waals surface area contributed by atoms with Crippen LogP contribution in [0.5, 0.6) is 0 Å². The highest BCUT2D eigenvalue weighted by molar-refractivity contribution is 8.14. The van der Waals surface area contributed by atoms with Crippen molar-refractivity contribution in [2.75, 3.05) is 5.75 Å². The molecule has 0 saturated carbocycles. The molecule has 1 aliphatic heterocycles. The lowest BCUT2D eigenvalue weighted by molar-refractivity contribution is -0.133.